The first-order valence-corrected chi connectivity index (χ1v) is 8.49. The number of aromatic amines is 1. The second-order valence-electron chi connectivity index (χ2n) is 6.42. The highest BCUT2D eigenvalue weighted by Gasteiger charge is 2.23. The number of benzene rings is 2. The van der Waals surface area contributed by atoms with Gasteiger partial charge in [-0.1, -0.05) is 36.4 Å². The number of H-pyrrole nitrogens is 1. The summed E-state index contributed by atoms with van der Waals surface area (Å²) in [4.78, 5) is 27.5. The predicted octanol–water partition coefficient (Wildman–Crippen LogP) is 4.06. The standard InChI is InChI=1S/C21H22N2O3/c1-12-18(14(3)22-19(12)21(25)26-4)20(24)23-13(2)16-10-9-15-7-5-6-8-17(15)11-16/h5-11,13,22H,1-4H3,(H,23,24)/t13-/m0/s1. The van der Waals surface area contributed by atoms with Crippen LogP contribution in [0.1, 0.15) is 50.6 Å². The maximum Gasteiger partial charge on any atom is 0.354 e. The highest BCUT2D eigenvalue weighted by molar-refractivity contribution is 6.01. The van der Waals surface area contributed by atoms with Crippen LogP contribution in [0.15, 0.2) is 42.5 Å². The van der Waals surface area contributed by atoms with Gasteiger partial charge in [0.05, 0.1) is 18.7 Å². The number of carbonyl (C=O) groups is 2. The fraction of sp³-hybridized carbons (Fsp3) is 0.238. The number of carbonyl (C=O) groups excluding carboxylic acids is 2. The normalized spacial score (nSPS) is 12.0. The zero-order chi connectivity index (χ0) is 18.8. The molecule has 3 aromatic rings. The van der Waals surface area contributed by atoms with Crippen molar-refractivity contribution in [2.24, 2.45) is 0 Å². The molecule has 134 valence electrons. The number of methoxy groups -OCH3 is 1. The zero-order valence-corrected chi connectivity index (χ0v) is 15.3. The monoisotopic (exact) mass is 350 g/mol. The van der Waals surface area contributed by atoms with E-state index in [2.05, 4.69) is 34.6 Å². The van der Waals surface area contributed by atoms with Crippen LogP contribution in [-0.2, 0) is 4.74 Å². The highest BCUT2D eigenvalue weighted by Crippen LogP contribution is 2.23. The molecule has 0 saturated carbocycles. The van der Waals surface area contributed by atoms with E-state index in [-0.39, 0.29) is 11.9 Å². The molecule has 3 rings (SSSR count). The van der Waals surface area contributed by atoms with Crippen LogP contribution in [-0.4, -0.2) is 24.0 Å². The predicted molar refractivity (Wildman–Crippen MR) is 101 cm³/mol. The van der Waals surface area contributed by atoms with Crippen LogP contribution in [0.4, 0.5) is 0 Å². The molecule has 0 spiro atoms. The Bertz CT molecular complexity index is 988. The first-order chi connectivity index (χ1) is 12.4. The summed E-state index contributed by atoms with van der Waals surface area (Å²) in [5.74, 6) is -0.695. The number of esters is 1. The quantitative estimate of drug-likeness (QED) is 0.697. The summed E-state index contributed by atoms with van der Waals surface area (Å²) in [5, 5.41) is 5.31. The van der Waals surface area contributed by atoms with Crippen LogP contribution >= 0.6 is 0 Å². The van der Waals surface area contributed by atoms with Gasteiger partial charge >= 0.3 is 5.97 Å². The molecular weight excluding hydrogens is 328 g/mol. The van der Waals surface area contributed by atoms with Crippen molar-refractivity contribution in [2.75, 3.05) is 7.11 Å². The van der Waals surface area contributed by atoms with E-state index >= 15 is 0 Å². The fourth-order valence-corrected chi connectivity index (χ4v) is 3.23. The number of aromatic nitrogens is 1. The van der Waals surface area contributed by atoms with Crippen molar-refractivity contribution in [3.8, 4) is 0 Å². The number of aryl methyl sites for hydroxylation is 1. The molecule has 5 heteroatoms. The molecule has 1 amide bonds. The second-order valence-corrected chi connectivity index (χ2v) is 6.42. The van der Waals surface area contributed by atoms with E-state index in [1.807, 2.05) is 25.1 Å². The first-order valence-electron chi connectivity index (χ1n) is 8.49. The summed E-state index contributed by atoms with van der Waals surface area (Å²) in [5.41, 5.74) is 3.06. The molecule has 0 saturated heterocycles. The van der Waals surface area contributed by atoms with Crippen molar-refractivity contribution in [3.05, 3.63) is 70.5 Å². The molecule has 1 atom stereocenters. The highest BCUT2D eigenvalue weighted by atomic mass is 16.5. The van der Waals surface area contributed by atoms with Crippen LogP contribution < -0.4 is 5.32 Å². The molecule has 0 bridgehead atoms. The van der Waals surface area contributed by atoms with Gasteiger partial charge in [0.25, 0.3) is 5.91 Å². The lowest BCUT2D eigenvalue weighted by molar-refractivity contribution is 0.0594. The van der Waals surface area contributed by atoms with Crippen molar-refractivity contribution in [2.45, 2.75) is 26.8 Å². The van der Waals surface area contributed by atoms with Crippen LogP contribution in [0.25, 0.3) is 10.8 Å². The van der Waals surface area contributed by atoms with E-state index < -0.39 is 5.97 Å². The maximum absolute atomic E-state index is 12.8. The molecule has 0 aliphatic rings. The van der Waals surface area contributed by atoms with Crippen LogP contribution in [0.3, 0.4) is 0 Å². The molecule has 0 radical (unpaired) electrons. The molecule has 0 aliphatic carbocycles. The fourth-order valence-electron chi connectivity index (χ4n) is 3.23. The second kappa shape index (κ2) is 7.04. The minimum Gasteiger partial charge on any atom is -0.464 e. The third kappa shape index (κ3) is 3.20. The van der Waals surface area contributed by atoms with Gasteiger partial charge in [-0.05, 0) is 48.7 Å². The molecule has 1 heterocycles. The summed E-state index contributed by atoms with van der Waals surface area (Å²) >= 11 is 0. The van der Waals surface area contributed by atoms with Crippen molar-refractivity contribution in [1.29, 1.82) is 0 Å². The van der Waals surface area contributed by atoms with Gasteiger partial charge in [-0.15, -0.1) is 0 Å². The van der Waals surface area contributed by atoms with Gasteiger partial charge in [0.1, 0.15) is 5.69 Å². The number of hydrogen-bond acceptors (Lipinski definition) is 3. The van der Waals surface area contributed by atoms with E-state index in [1.165, 1.54) is 7.11 Å². The Labute approximate surface area is 152 Å². The third-order valence-corrected chi connectivity index (χ3v) is 4.68. The summed E-state index contributed by atoms with van der Waals surface area (Å²) in [6, 6.07) is 14.1. The Balaban J connectivity index is 1.85. The SMILES string of the molecule is COC(=O)c1[nH]c(C)c(C(=O)N[C@@H](C)c2ccc3ccccc3c2)c1C. The average Bonchev–Trinajstić information content (AvgIpc) is 2.94. The smallest absolute Gasteiger partial charge is 0.354 e. The summed E-state index contributed by atoms with van der Waals surface area (Å²) < 4.78 is 4.75. The lowest BCUT2D eigenvalue weighted by atomic mass is 10.0. The first kappa shape index (κ1) is 17.7. The molecule has 0 unspecified atom stereocenters. The lowest BCUT2D eigenvalue weighted by Gasteiger charge is -2.15. The van der Waals surface area contributed by atoms with E-state index in [0.717, 1.165) is 16.3 Å². The summed E-state index contributed by atoms with van der Waals surface area (Å²) in [6.07, 6.45) is 0. The Morgan fingerprint density at radius 3 is 2.46 bits per heavy atom. The maximum atomic E-state index is 12.8. The van der Waals surface area contributed by atoms with Crippen molar-refractivity contribution >= 4 is 22.6 Å². The van der Waals surface area contributed by atoms with Gasteiger partial charge in [-0.3, -0.25) is 4.79 Å². The molecule has 0 fully saturated rings. The van der Waals surface area contributed by atoms with Crippen LogP contribution in [0.2, 0.25) is 0 Å². The van der Waals surface area contributed by atoms with Gasteiger partial charge in [0, 0.05) is 5.69 Å². The van der Waals surface area contributed by atoms with Crippen molar-refractivity contribution < 1.29 is 14.3 Å². The van der Waals surface area contributed by atoms with Crippen LogP contribution in [0, 0.1) is 13.8 Å². The van der Waals surface area contributed by atoms with Gasteiger partial charge < -0.3 is 15.0 Å². The van der Waals surface area contributed by atoms with Gasteiger partial charge in [0.2, 0.25) is 0 Å². The van der Waals surface area contributed by atoms with Crippen molar-refractivity contribution in [1.82, 2.24) is 10.3 Å². The van der Waals surface area contributed by atoms with E-state index in [0.29, 0.717) is 22.5 Å². The number of amides is 1. The Hall–Kier alpha value is -3.08. The minimum absolute atomic E-state index is 0.164. The van der Waals surface area contributed by atoms with Crippen molar-refractivity contribution in [3.63, 3.8) is 0 Å². The van der Waals surface area contributed by atoms with E-state index in [1.54, 1.807) is 13.8 Å². The number of nitrogens with one attached hydrogen (secondary N) is 2. The number of rotatable bonds is 4. The molecule has 2 N–H and O–H groups in total. The molecule has 5 nitrogen and oxygen atoms in total. The Morgan fingerprint density at radius 1 is 1.08 bits per heavy atom. The summed E-state index contributed by atoms with van der Waals surface area (Å²) in [7, 11) is 1.32. The number of ether oxygens (including phenoxy) is 1. The van der Waals surface area contributed by atoms with E-state index in [4.69, 9.17) is 4.74 Å². The topological polar surface area (TPSA) is 71.2 Å². The Kier molecular flexibility index (Phi) is 4.80. The minimum atomic E-state index is -0.479. The zero-order valence-electron chi connectivity index (χ0n) is 15.3. The summed E-state index contributed by atoms with van der Waals surface area (Å²) in [6.45, 7) is 5.46. The largest absolute Gasteiger partial charge is 0.464 e. The Morgan fingerprint density at radius 2 is 1.77 bits per heavy atom. The van der Waals surface area contributed by atoms with Crippen LogP contribution in [0.5, 0.6) is 0 Å². The van der Waals surface area contributed by atoms with Gasteiger partial charge in [-0.25, -0.2) is 4.79 Å². The number of hydrogen-bond donors (Lipinski definition) is 2. The third-order valence-electron chi connectivity index (χ3n) is 4.68. The van der Waals surface area contributed by atoms with Gasteiger partial charge in [0.15, 0.2) is 0 Å². The van der Waals surface area contributed by atoms with Gasteiger partial charge in [-0.2, -0.15) is 0 Å². The average molecular weight is 350 g/mol. The van der Waals surface area contributed by atoms with E-state index in [9.17, 15) is 9.59 Å². The molecular formula is C21H22N2O3. The molecule has 0 aliphatic heterocycles. The molecule has 1 aromatic heterocycles. The number of fused-ring (bicyclic) bond motifs is 1. The molecule has 26 heavy (non-hydrogen) atoms. The molecule has 2 aromatic carbocycles. The lowest BCUT2D eigenvalue weighted by Crippen LogP contribution is -2.27.